The van der Waals surface area contributed by atoms with Gasteiger partial charge in [-0.1, -0.05) is 44.4 Å². The molecule has 1 fully saturated rings. The van der Waals surface area contributed by atoms with Gasteiger partial charge in [-0.3, -0.25) is 0 Å². The zero-order valence-electron chi connectivity index (χ0n) is 20.7. The number of nitrogens with zero attached hydrogens (tertiary/aromatic N) is 4. The van der Waals surface area contributed by atoms with E-state index in [-0.39, 0.29) is 12.1 Å². The minimum atomic E-state index is -2.87. The van der Waals surface area contributed by atoms with Gasteiger partial charge in [0, 0.05) is 54.6 Å². The van der Waals surface area contributed by atoms with Crippen LogP contribution in [0.3, 0.4) is 0 Å². The number of halogens is 3. The molecule has 1 aliphatic rings. The summed E-state index contributed by atoms with van der Waals surface area (Å²) >= 11 is 0. The van der Waals surface area contributed by atoms with Crippen molar-refractivity contribution in [3.05, 3.63) is 58.5 Å². The second kappa shape index (κ2) is 11.9. The lowest BCUT2D eigenvalue weighted by molar-refractivity contribution is 0.146. The number of benzene rings is 2. The topological polar surface area (TPSA) is 44.3 Å². The number of terminal acetylenes is 1. The number of rotatable bonds is 5. The van der Waals surface area contributed by atoms with Gasteiger partial charge in [-0.15, -0.1) is 11.5 Å². The number of aromatic nitrogens is 2. The van der Waals surface area contributed by atoms with Crippen LogP contribution in [0.2, 0.25) is 0 Å². The maximum atomic E-state index is 14.5. The van der Waals surface area contributed by atoms with Gasteiger partial charge in [-0.05, 0) is 26.1 Å². The fourth-order valence-corrected chi connectivity index (χ4v) is 3.96. The maximum absolute atomic E-state index is 14.5. The Bertz CT molecular complexity index is 1200. The van der Waals surface area contributed by atoms with Gasteiger partial charge < -0.3 is 15.1 Å². The normalized spacial score (nSPS) is 14.0. The van der Waals surface area contributed by atoms with Crippen LogP contribution < -0.4 is 10.2 Å². The summed E-state index contributed by atoms with van der Waals surface area (Å²) in [5.74, 6) is 2.32. The second-order valence-corrected chi connectivity index (χ2v) is 8.67. The molecule has 0 aliphatic carbocycles. The largest absolute Gasteiger partial charge is 0.368 e. The van der Waals surface area contributed by atoms with Crippen LogP contribution in [0.25, 0.3) is 10.8 Å². The lowest BCUT2D eigenvalue weighted by atomic mass is 10.0. The zero-order valence-corrected chi connectivity index (χ0v) is 20.7. The third-order valence-electron chi connectivity index (χ3n) is 5.87. The van der Waals surface area contributed by atoms with Crippen molar-refractivity contribution in [1.82, 2.24) is 15.1 Å². The SMILES string of the molecule is C#Cc1cc2c(C)nnc(NCc3cccc(C(F)F)c3F)c2cc1N1CCN(C)CC1.CCC. The molecule has 1 N–H and O–H groups in total. The van der Waals surface area contributed by atoms with E-state index in [1.165, 1.54) is 18.6 Å². The summed E-state index contributed by atoms with van der Waals surface area (Å²) in [5.41, 5.74) is 1.96. The second-order valence-electron chi connectivity index (χ2n) is 8.67. The number of likely N-dealkylation sites (N-methyl/N-ethyl adjacent to an activating group) is 1. The maximum Gasteiger partial charge on any atom is 0.266 e. The Balaban J connectivity index is 0.00000108. The molecule has 1 saturated heterocycles. The molecule has 1 aliphatic heterocycles. The van der Waals surface area contributed by atoms with Gasteiger partial charge in [-0.25, -0.2) is 13.2 Å². The molecule has 1 aromatic heterocycles. The molecule has 0 radical (unpaired) electrons. The van der Waals surface area contributed by atoms with Crippen molar-refractivity contribution < 1.29 is 13.2 Å². The molecule has 8 heteroatoms. The number of piperazine rings is 1. The van der Waals surface area contributed by atoms with E-state index in [4.69, 9.17) is 6.42 Å². The predicted molar refractivity (Wildman–Crippen MR) is 137 cm³/mol. The van der Waals surface area contributed by atoms with Crippen molar-refractivity contribution in [3.8, 4) is 12.3 Å². The monoisotopic (exact) mass is 483 g/mol. The van der Waals surface area contributed by atoms with Crippen LogP contribution in [0.1, 0.15) is 49.1 Å². The van der Waals surface area contributed by atoms with Crippen LogP contribution in [0.15, 0.2) is 30.3 Å². The van der Waals surface area contributed by atoms with Gasteiger partial charge >= 0.3 is 0 Å². The van der Waals surface area contributed by atoms with Crippen molar-refractivity contribution in [2.75, 3.05) is 43.4 Å². The number of alkyl halides is 2. The lowest BCUT2D eigenvalue weighted by Gasteiger charge is -2.35. The molecule has 4 rings (SSSR count). The predicted octanol–water partition coefficient (Wildman–Crippen LogP) is 5.78. The highest BCUT2D eigenvalue weighted by Crippen LogP contribution is 2.32. The van der Waals surface area contributed by atoms with Crippen LogP contribution in [0.4, 0.5) is 24.7 Å². The number of nitrogens with one attached hydrogen (secondary N) is 1. The first-order chi connectivity index (χ1) is 16.8. The Morgan fingerprint density at radius 1 is 1.09 bits per heavy atom. The molecule has 0 saturated carbocycles. The van der Waals surface area contributed by atoms with Crippen LogP contribution in [0, 0.1) is 25.1 Å². The molecule has 3 aromatic rings. The molecule has 5 nitrogen and oxygen atoms in total. The number of fused-ring (bicyclic) bond motifs is 1. The first-order valence-corrected chi connectivity index (χ1v) is 11.8. The molecule has 0 unspecified atom stereocenters. The molecule has 0 amide bonds. The number of aryl methyl sites for hydroxylation is 1. The summed E-state index contributed by atoms with van der Waals surface area (Å²) in [6, 6.07) is 7.91. The van der Waals surface area contributed by atoms with Crippen LogP contribution in [-0.2, 0) is 6.54 Å². The summed E-state index contributed by atoms with van der Waals surface area (Å²) in [4.78, 5) is 4.51. The average Bonchev–Trinajstić information content (AvgIpc) is 2.84. The highest BCUT2D eigenvalue weighted by molar-refractivity contribution is 5.97. The van der Waals surface area contributed by atoms with Crippen molar-refractivity contribution in [2.45, 2.75) is 40.2 Å². The highest BCUT2D eigenvalue weighted by atomic mass is 19.3. The van der Waals surface area contributed by atoms with Crippen molar-refractivity contribution in [1.29, 1.82) is 0 Å². The Morgan fingerprint density at radius 2 is 1.77 bits per heavy atom. The lowest BCUT2D eigenvalue weighted by Crippen LogP contribution is -2.44. The standard InChI is InChI=1S/C24H24F3N5.C3H8/c1-4-16-12-19-15(2)29-30-24(20(19)13-21(16)32-10-8-31(3)9-11-32)28-14-17-6-5-7-18(22(17)25)23(26)27;1-3-2/h1,5-7,12-13,23H,8-11,14H2,2-3H3,(H,28,30);3H2,1-2H3. The molecule has 35 heavy (non-hydrogen) atoms. The van der Waals surface area contributed by atoms with Gasteiger partial charge in [0.1, 0.15) is 5.82 Å². The Morgan fingerprint density at radius 3 is 2.40 bits per heavy atom. The van der Waals surface area contributed by atoms with E-state index in [2.05, 4.69) is 52.1 Å². The van der Waals surface area contributed by atoms with E-state index in [1.807, 2.05) is 19.1 Å². The summed E-state index contributed by atoms with van der Waals surface area (Å²) < 4.78 is 40.5. The van der Waals surface area contributed by atoms with Crippen molar-refractivity contribution in [3.63, 3.8) is 0 Å². The average molecular weight is 484 g/mol. The summed E-state index contributed by atoms with van der Waals surface area (Å²) in [5, 5.41) is 13.2. The highest BCUT2D eigenvalue weighted by Gasteiger charge is 2.20. The minimum Gasteiger partial charge on any atom is -0.368 e. The first-order valence-electron chi connectivity index (χ1n) is 11.8. The fraction of sp³-hybridized carbons (Fsp3) is 0.407. The van der Waals surface area contributed by atoms with E-state index in [1.54, 1.807) is 0 Å². The molecule has 0 spiro atoms. The van der Waals surface area contributed by atoms with Gasteiger partial charge in [0.2, 0.25) is 0 Å². The van der Waals surface area contributed by atoms with Crippen LogP contribution >= 0.6 is 0 Å². The Labute approximate surface area is 205 Å². The number of hydrogen-bond acceptors (Lipinski definition) is 5. The Kier molecular flexibility index (Phi) is 8.94. The molecule has 2 aromatic carbocycles. The van der Waals surface area contributed by atoms with Crippen molar-refractivity contribution in [2.24, 2.45) is 0 Å². The van der Waals surface area contributed by atoms with Gasteiger partial charge in [0.15, 0.2) is 5.82 Å². The fourth-order valence-electron chi connectivity index (χ4n) is 3.96. The van der Waals surface area contributed by atoms with Crippen LogP contribution in [-0.4, -0.2) is 48.3 Å². The summed E-state index contributed by atoms with van der Waals surface area (Å²) in [6.07, 6.45) is 4.19. The van der Waals surface area contributed by atoms with Crippen molar-refractivity contribution >= 4 is 22.3 Å². The van der Waals surface area contributed by atoms with E-state index >= 15 is 0 Å². The Hall–Kier alpha value is -3.31. The van der Waals surface area contributed by atoms with E-state index < -0.39 is 17.8 Å². The third kappa shape index (κ3) is 6.04. The minimum absolute atomic E-state index is 0.0000328. The quantitative estimate of drug-likeness (QED) is 0.467. The first kappa shape index (κ1) is 26.3. The van der Waals surface area contributed by atoms with E-state index in [9.17, 15) is 13.2 Å². The summed E-state index contributed by atoms with van der Waals surface area (Å²) in [7, 11) is 2.09. The number of anilines is 2. The van der Waals surface area contributed by atoms with Crippen LogP contribution in [0.5, 0.6) is 0 Å². The van der Waals surface area contributed by atoms with E-state index in [0.717, 1.165) is 60.0 Å². The molecule has 0 bridgehead atoms. The third-order valence-corrected chi connectivity index (χ3v) is 5.87. The zero-order chi connectivity index (χ0) is 25.5. The molecule has 0 atom stereocenters. The molecule has 2 heterocycles. The smallest absolute Gasteiger partial charge is 0.266 e. The van der Waals surface area contributed by atoms with Gasteiger partial charge in [0.25, 0.3) is 6.43 Å². The van der Waals surface area contributed by atoms with Gasteiger partial charge in [-0.2, -0.15) is 5.10 Å². The number of hydrogen-bond donors (Lipinski definition) is 1. The van der Waals surface area contributed by atoms with E-state index in [0.29, 0.717) is 5.82 Å². The van der Waals surface area contributed by atoms with Gasteiger partial charge in [0.05, 0.1) is 16.9 Å². The molecular formula is C27H32F3N5. The molecule has 186 valence electrons. The summed E-state index contributed by atoms with van der Waals surface area (Å²) in [6.45, 7) is 9.66. The molecular weight excluding hydrogens is 451 g/mol.